The summed E-state index contributed by atoms with van der Waals surface area (Å²) in [6, 6.07) is 2.47. The average molecular weight is 295 g/mol. The van der Waals surface area contributed by atoms with Gasteiger partial charge in [-0.3, -0.25) is 0 Å². The summed E-state index contributed by atoms with van der Waals surface area (Å²) in [6.07, 6.45) is -0.174. The van der Waals surface area contributed by atoms with Gasteiger partial charge in [0, 0.05) is 0 Å². The number of aromatic nitrogens is 3. The highest BCUT2D eigenvalue weighted by molar-refractivity contribution is 5.57. The Kier molecular flexibility index (Phi) is 4.15. The highest BCUT2D eigenvalue weighted by Crippen LogP contribution is 2.24. The molecule has 0 aliphatic carbocycles. The van der Waals surface area contributed by atoms with Crippen molar-refractivity contribution in [3.05, 3.63) is 29.3 Å². The van der Waals surface area contributed by atoms with Crippen LogP contribution in [0.25, 0.3) is 0 Å². The molecule has 1 heterocycles. The van der Waals surface area contributed by atoms with E-state index in [1.165, 1.54) is 13.0 Å². The molecule has 0 bridgehead atoms. The fraction of sp³-hybridized carbons (Fsp3) is 0.308. The summed E-state index contributed by atoms with van der Waals surface area (Å²) in [5.74, 6) is -1.69. The maximum Gasteiger partial charge on any atom is 0.323 e. The number of ether oxygens (including phenoxy) is 1. The molecule has 0 aliphatic heterocycles. The quantitative estimate of drug-likeness (QED) is 0.901. The number of nitrogens with zero attached hydrogens (tertiary/aromatic N) is 3. The van der Waals surface area contributed by atoms with E-state index >= 15 is 0 Å². The molecule has 3 N–H and O–H groups in total. The first-order chi connectivity index (χ1) is 9.86. The topological polar surface area (TPSA) is 86.0 Å². The van der Waals surface area contributed by atoms with Crippen molar-refractivity contribution in [2.45, 2.75) is 26.9 Å². The molecule has 1 aromatic heterocycles. The molecule has 112 valence electrons. The van der Waals surface area contributed by atoms with Gasteiger partial charge in [0.05, 0.1) is 6.10 Å². The molecule has 6 nitrogen and oxygen atoms in total. The number of nitrogens with one attached hydrogen (secondary N) is 1. The van der Waals surface area contributed by atoms with Crippen LogP contribution in [-0.2, 0) is 0 Å². The summed E-state index contributed by atoms with van der Waals surface area (Å²) in [5, 5.41) is 2.46. The Labute approximate surface area is 120 Å². The zero-order valence-corrected chi connectivity index (χ0v) is 11.8. The van der Waals surface area contributed by atoms with E-state index in [0.717, 1.165) is 6.07 Å². The van der Waals surface area contributed by atoms with E-state index in [2.05, 4.69) is 20.3 Å². The third-order valence-electron chi connectivity index (χ3n) is 2.49. The van der Waals surface area contributed by atoms with Crippen molar-refractivity contribution in [1.82, 2.24) is 15.0 Å². The number of aryl methyl sites for hydroxylation is 1. The van der Waals surface area contributed by atoms with Crippen molar-refractivity contribution >= 4 is 17.6 Å². The van der Waals surface area contributed by atoms with E-state index in [9.17, 15) is 8.78 Å². The first kappa shape index (κ1) is 14.9. The Morgan fingerprint density at radius 2 is 1.90 bits per heavy atom. The lowest BCUT2D eigenvalue weighted by atomic mass is 10.2. The minimum atomic E-state index is -0.761. The maximum atomic E-state index is 13.9. The lowest BCUT2D eigenvalue weighted by Gasteiger charge is -2.11. The summed E-state index contributed by atoms with van der Waals surface area (Å²) in [4.78, 5) is 11.5. The van der Waals surface area contributed by atoms with Crippen LogP contribution in [0.2, 0.25) is 0 Å². The zero-order chi connectivity index (χ0) is 15.6. The lowest BCUT2D eigenvalue weighted by molar-refractivity contribution is 0.222. The number of rotatable bonds is 4. The summed E-state index contributed by atoms with van der Waals surface area (Å²) < 4.78 is 32.9. The fourth-order valence-corrected chi connectivity index (χ4v) is 1.57. The Balaban J connectivity index is 2.36. The molecule has 0 amide bonds. The van der Waals surface area contributed by atoms with Crippen molar-refractivity contribution in [2.24, 2.45) is 0 Å². The Hall–Kier alpha value is -2.51. The van der Waals surface area contributed by atoms with Crippen LogP contribution < -0.4 is 15.8 Å². The zero-order valence-electron chi connectivity index (χ0n) is 11.8. The van der Waals surface area contributed by atoms with Crippen molar-refractivity contribution in [3.63, 3.8) is 0 Å². The molecular weight excluding hydrogens is 280 g/mol. The molecule has 0 spiro atoms. The van der Waals surface area contributed by atoms with Gasteiger partial charge in [-0.1, -0.05) is 6.07 Å². The van der Waals surface area contributed by atoms with Crippen LogP contribution in [-0.4, -0.2) is 21.1 Å². The molecule has 0 radical (unpaired) electrons. The van der Waals surface area contributed by atoms with Gasteiger partial charge in [-0.15, -0.1) is 0 Å². The van der Waals surface area contributed by atoms with E-state index in [4.69, 9.17) is 10.5 Å². The number of nitrogen functional groups attached to an aromatic ring is 1. The number of halogens is 2. The summed E-state index contributed by atoms with van der Waals surface area (Å²) in [6.45, 7) is 5.09. The van der Waals surface area contributed by atoms with Crippen LogP contribution in [0, 0.1) is 18.6 Å². The SMILES string of the molecule is Cc1ccc(F)c(Nc2nc(N)nc(OC(C)C)n2)c1F. The van der Waals surface area contributed by atoms with Gasteiger partial charge >= 0.3 is 6.01 Å². The Morgan fingerprint density at radius 1 is 1.19 bits per heavy atom. The minimum absolute atomic E-state index is 0.0199. The van der Waals surface area contributed by atoms with Gasteiger partial charge in [0.2, 0.25) is 11.9 Å². The van der Waals surface area contributed by atoms with Crippen LogP contribution in [0.3, 0.4) is 0 Å². The second-order valence-corrected chi connectivity index (χ2v) is 4.64. The molecule has 0 unspecified atom stereocenters. The Morgan fingerprint density at radius 3 is 2.57 bits per heavy atom. The molecule has 0 atom stereocenters. The molecule has 8 heteroatoms. The standard InChI is InChI=1S/C13H15F2N5O/c1-6(2)21-13-19-11(16)18-12(20-13)17-10-8(14)5-4-7(3)9(10)15/h4-6H,1-3H3,(H3,16,17,18,19,20). The van der Waals surface area contributed by atoms with Crippen LogP contribution in [0.1, 0.15) is 19.4 Å². The second kappa shape index (κ2) is 5.86. The van der Waals surface area contributed by atoms with Gasteiger partial charge in [0.15, 0.2) is 5.82 Å². The van der Waals surface area contributed by atoms with Gasteiger partial charge in [0.1, 0.15) is 11.5 Å². The summed E-state index contributed by atoms with van der Waals surface area (Å²) >= 11 is 0. The summed E-state index contributed by atoms with van der Waals surface area (Å²) in [5.41, 5.74) is 5.47. The van der Waals surface area contributed by atoms with Gasteiger partial charge < -0.3 is 15.8 Å². The predicted molar refractivity (Wildman–Crippen MR) is 74.4 cm³/mol. The van der Waals surface area contributed by atoms with Gasteiger partial charge in [-0.25, -0.2) is 8.78 Å². The molecule has 1 aromatic carbocycles. The number of benzene rings is 1. The highest BCUT2D eigenvalue weighted by Gasteiger charge is 2.14. The monoisotopic (exact) mass is 295 g/mol. The van der Waals surface area contributed by atoms with Crippen LogP contribution in [0.4, 0.5) is 26.4 Å². The molecule has 2 aromatic rings. The van der Waals surface area contributed by atoms with Crippen molar-refractivity contribution in [3.8, 4) is 6.01 Å². The largest absolute Gasteiger partial charge is 0.461 e. The molecule has 0 aliphatic rings. The molecule has 2 rings (SSSR count). The minimum Gasteiger partial charge on any atom is -0.461 e. The number of hydrogen-bond acceptors (Lipinski definition) is 6. The number of nitrogens with two attached hydrogens (primary N) is 1. The van der Waals surface area contributed by atoms with E-state index in [1.807, 2.05) is 0 Å². The van der Waals surface area contributed by atoms with Crippen LogP contribution in [0.5, 0.6) is 6.01 Å². The normalized spacial score (nSPS) is 10.8. The van der Waals surface area contributed by atoms with E-state index in [0.29, 0.717) is 5.56 Å². The first-order valence-electron chi connectivity index (χ1n) is 6.26. The van der Waals surface area contributed by atoms with Gasteiger partial charge in [0.25, 0.3) is 0 Å². The summed E-state index contributed by atoms with van der Waals surface area (Å²) in [7, 11) is 0. The van der Waals surface area contributed by atoms with E-state index in [-0.39, 0.29) is 29.7 Å². The van der Waals surface area contributed by atoms with E-state index in [1.54, 1.807) is 13.8 Å². The van der Waals surface area contributed by atoms with Crippen molar-refractivity contribution in [1.29, 1.82) is 0 Å². The molecule has 21 heavy (non-hydrogen) atoms. The third kappa shape index (κ3) is 3.53. The molecular formula is C13H15F2N5O. The second-order valence-electron chi connectivity index (χ2n) is 4.64. The van der Waals surface area contributed by atoms with E-state index < -0.39 is 11.6 Å². The number of anilines is 3. The predicted octanol–water partition coefficient (Wildman–Crippen LogP) is 2.57. The Bertz CT molecular complexity index is 663. The molecule has 0 saturated carbocycles. The first-order valence-corrected chi connectivity index (χ1v) is 6.26. The highest BCUT2D eigenvalue weighted by atomic mass is 19.1. The number of hydrogen-bond donors (Lipinski definition) is 2. The maximum absolute atomic E-state index is 13.9. The van der Waals surface area contributed by atoms with Crippen LogP contribution in [0.15, 0.2) is 12.1 Å². The molecule has 0 fully saturated rings. The lowest BCUT2D eigenvalue weighted by Crippen LogP contribution is -2.12. The average Bonchev–Trinajstić information content (AvgIpc) is 2.38. The van der Waals surface area contributed by atoms with Gasteiger partial charge in [-0.05, 0) is 32.4 Å². The van der Waals surface area contributed by atoms with Gasteiger partial charge in [-0.2, -0.15) is 15.0 Å². The fourth-order valence-electron chi connectivity index (χ4n) is 1.57. The smallest absolute Gasteiger partial charge is 0.323 e. The van der Waals surface area contributed by atoms with Crippen molar-refractivity contribution in [2.75, 3.05) is 11.1 Å². The molecule has 0 saturated heterocycles. The third-order valence-corrected chi connectivity index (χ3v) is 2.49. The van der Waals surface area contributed by atoms with Crippen LogP contribution >= 0.6 is 0 Å². The van der Waals surface area contributed by atoms with Crippen molar-refractivity contribution < 1.29 is 13.5 Å².